The summed E-state index contributed by atoms with van der Waals surface area (Å²) in [6.07, 6.45) is 2.95. The normalized spacial score (nSPS) is 10.8. The first-order chi connectivity index (χ1) is 8.13. The summed E-state index contributed by atoms with van der Waals surface area (Å²) >= 11 is 0. The van der Waals surface area contributed by atoms with Crippen molar-refractivity contribution in [1.29, 1.82) is 0 Å². The number of para-hydroxylation sites is 1. The molecule has 0 bridgehead atoms. The molecule has 92 valence electrons. The maximum Gasteiger partial charge on any atom is 0.387 e. The number of rotatable bonds is 5. The second-order valence-corrected chi connectivity index (χ2v) is 3.20. The summed E-state index contributed by atoms with van der Waals surface area (Å²) in [7, 11) is 0. The van der Waals surface area contributed by atoms with Crippen molar-refractivity contribution in [3.8, 4) is 5.75 Å². The van der Waals surface area contributed by atoms with Crippen molar-refractivity contribution in [2.75, 3.05) is 0 Å². The predicted molar refractivity (Wildman–Crippen MR) is 59.7 cm³/mol. The van der Waals surface area contributed by atoms with E-state index in [1.54, 1.807) is 31.2 Å². The number of hydrogen-bond acceptors (Lipinski definition) is 2. The van der Waals surface area contributed by atoms with Gasteiger partial charge in [0.25, 0.3) is 0 Å². The molecule has 0 atom stereocenters. The first-order valence-electron chi connectivity index (χ1n) is 5.06. The summed E-state index contributed by atoms with van der Waals surface area (Å²) < 4.78 is 28.5. The Kier molecular flexibility index (Phi) is 5.13. The minimum absolute atomic E-state index is 0.0725. The van der Waals surface area contributed by atoms with Crippen molar-refractivity contribution < 1.29 is 18.3 Å². The Morgan fingerprint density at radius 1 is 1.47 bits per heavy atom. The van der Waals surface area contributed by atoms with E-state index in [0.29, 0.717) is 5.56 Å². The number of ether oxygens (including phenoxy) is 1. The molecular formula is C12H13F2NO2. The molecule has 1 amide bonds. The fourth-order valence-corrected chi connectivity index (χ4v) is 1.25. The van der Waals surface area contributed by atoms with E-state index in [1.807, 2.05) is 0 Å². The molecule has 17 heavy (non-hydrogen) atoms. The van der Waals surface area contributed by atoms with E-state index in [9.17, 15) is 13.6 Å². The zero-order chi connectivity index (χ0) is 12.7. The van der Waals surface area contributed by atoms with Gasteiger partial charge in [0.05, 0.1) is 0 Å². The van der Waals surface area contributed by atoms with E-state index in [4.69, 9.17) is 0 Å². The van der Waals surface area contributed by atoms with E-state index in [1.165, 1.54) is 12.1 Å². The van der Waals surface area contributed by atoms with Crippen LogP contribution in [0.2, 0.25) is 0 Å². The van der Waals surface area contributed by atoms with Crippen molar-refractivity contribution in [2.45, 2.75) is 20.1 Å². The van der Waals surface area contributed by atoms with Gasteiger partial charge in [-0.1, -0.05) is 24.3 Å². The van der Waals surface area contributed by atoms with Gasteiger partial charge in [-0.05, 0) is 19.1 Å². The fraction of sp³-hybridized carbons (Fsp3) is 0.250. The van der Waals surface area contributed by atoms with Crippen molar-refractivity contribution >= 4 is 5.91 Å². The summed E-state index contributed by atoms with van der Waals surface area (Å²) in [5.41, 5.74) is 0.505. The lowest BCUT2D eigenvalue weighted by Gasteiger charge is -2.10. The van der Waals surface area contributed by atoms with Crippen LogP contribution in [0.5, 0.6) is 5.75 Å². The fourth-order valence-electron chi connectivity index (χ4n) is 1.25. The quantitative estimate of drug-likeness (QED) is 0.804. The summed E-state index contributed by atoms with van der Waals surface area (Å²) in [5.74, 6) is -0.206. The van der Waals surface area contributed by atoms with Gasteiger partial charge in [-0.2, -0.15) is 8.78 Å². The van der Waals surface area contributed by atoms with Gasteiger partial charge < -0.3 is 10.1 Å². The van der Waals surface area contributed by atoms with Crippen molar-refractivity contribution in [1.82, 2.24) is 5.32 Å². The van der Waals surface area contributed by atoms with E-state index in [2.05, 4.69) is 10.1 Å². The van der Waals surface area contributed by atoms with Crippen LogP contribution in [-0.2, 0) is 11.3 Å². The summed E-state index contributed by atoms with van der Waals surface area (Å²) in [6, 6.07) is 6.33. The molecule has 0 saturated carbocycles. The molecule has 0 aliphatic heterocycles. The molecule has 0 radical (unpaired) electrons. The van der Waals surface area contributed by atoms with Crippen molar-refractivity contribution in [2.24, 2.45) is 0 Å². The largest absolute Gasteiger partial charge is 0.434 e. The molecule has 0 heterocycles. The number of benzene rings is 1. The second kappa shape index (κ2) is 6.62. The third-order valence-electron chi connectivity index (χ3n) is 1.96. The predicted octanol–water partition coefficient (Wildman–Crippen LogP) is 2.48. The molecule has 0 aliphatic rings. The maximum atomic E-state index is 12.1. The van der Waals surface area contributed by atoms with Crippen molar-refractivity contribution in [3.05, 3.63) is 42.0 Å². The molecule has 3 nitrogen and oxygen atoms in total. The van der Waals surface area contributed by atoms with Crippen LogP contribution < -0.4 is 10.1 Å². The Morgan fingerprint density at radius 2 is 2.18 bits per heavy atom. The zero-order valence-corrected chi connectivity index (χ0v) is 9.32. The number of amides is 1. The highest BCUT2D eigenvalue weighted by atomic mass is 19.3. The van der Waals surface area contributed by atoms with Crippen LogP contribution >= 0.6 is 0 Å². The number of allylic oxidation sites excluding steroid dienone is 1. The minimum Gasteiger partial charge on any atom is -0.434 e. The topological polar surface area (TPSA) is 38.3 Å². The highest BCUT2D eigenvalue weighted by Crippen LogP contribution is 2.19. The molecule has 5 heteroatoms. The smallest absolute Gasteiger partial charge is 0.387 e. The third-order valence-corrected chi connectivity index (χ3v) is 1.96. The van der Waals surface area contributed by atoms with Crippen LogP contribution in [0.4, 0.5) is 8.78 Å². The molecule has 0 unspecified atom stereocenters. The van der Waals surface area contributed by atoms with E-state index in [-0.39, 0.29) is 18.2 Å². The molecule has 0 fully saturated rings. The van der Waals surface area contributed by atoms with Gasteiger partial charge in [0.2, 0.25) is 5.91 Å². The number of halogens is 2. The zero-order valence-electron chi connectivity index (χ0n) is 9.32. The Bertz CT molecular complexity index is 405. The first-order valence-corrected chi connectivity index (χ1v) is 5.06. The van der Waals surface area contributed by atoms with Crippen LogP contribution in [0.15, 0.2) is 36.4 Å². The lowest BCUT2D eigenvalue weighted by molar-refractivity contribution is -0.116. The minimum atomic E-state index is -2.87. The summed E-state index contributed by atoms with van der Waals surface area (Å²) in [5, 5.41) is 2.56. The maximum absolute atomic E-state index is 12.1. The number of carbonyl (C=O) groups is 1. The highest BCUT2D eigenvalue weighted by molar-refractivity contribution is 5.87. The monoisotopic (exact) mass is 241 g/mol. The van der Waals surface area contributed by atoms with Gasteiger partial charge in [0.15, 0.2) is 0 Å². The van der Waals surface area contributed by atoms with Crippen LogP contribution in [0.3, 0.4) is 0 Å². The van der Waals surface area contributed by atoms with Crippen LogP contribution in [0.25, 0.3) is 0 Å². The SMILES string of the molecule is CC=CC(=O)NCc1ccccc1OC(F)F. The third kappa shape index (κ3) is 4.63. The number of hydrogen-bond donors (Lipinski definition) is 1. The number of alkyl halides is 2. The average Bonchev–Trinajstić information content (AvgIpc) is 2.27. The average molecular weight is 241 g/mol. The molecule has 0 aliphatic carbocycles. The molecule has 1 aromatic carbocycles. The van der Waals surface area contributed by atoms with Crippen LogP contribution in [-0.4, -0.2) is 12.5 Å². The number of nitrogens with one attached hydrogen (secondary N) is 1. The molecule has 1 rings (SSSR count). The van der Waals surface area contributed by atoms with E-state index in [0.717, 1.165) is 0 Å². The highest BCUT2D eigenvalue weighted by Gasteiger charge is 2.09. The van der Waals surface area contributed by atoms with Crippen LogP contribution in [0.1, 0.15) is 12.5 Å². The van der Waals surface area contributed by atoms with Gasteiger partial charge in [-0.25, -0.2) is 0 Å². The number of carbonyl (C=O) groups excluding carboxylic acids is 1. The van der Waals surface area contributed by atoms with Gasteiger partial charge in [0.1, 0.15) is 5.75 Å². The molecule has 0 spiro atoms. The van der Waals surface area contributed by atoms with Gasteiger partial charge in [-0.3, -0.25) is 4.79 Å². The Morgan fingerprint density at radius 3 is 2.82 bits per heavy atom. The van der Waals surface area contributed by atoms with E-state index < -0.39 is 6.61 Å². The Labute approximate surface area is 98.1 Å². The molecular weight excluding hydrogens is 228 g/mol. The summed E-state index contributed by atoms with van der Waals surface area (Å²) in [4.78, 5) is 11.2. The standard InChI is InChI=1S/C12H13F2NO2/c1-2-5-11(16)15-8-9-6-3-4-7-10(9)17-12(13)14/h2-7,12H,8H2,1H3,(H,15,16). The second-order valence-electron chi connectivity index (χ2n) is 3.20. The molecule has 0 aromatic heterocycles. The Balaban J connectivity index is 2.66. The lowest BCUT2D eigenvalue weighted by atomic mass is 10.2. The molecule has 0 saturated heterocycles. The summed E-state index contributed by atoms with van der Waals surface area (Å²) in [6.45, 7) is -1.01. The Hall–Kier alpha value is -1.91. The van der Waals surface area contributed by atoms with Gasteiger partial charge in [-0.15, -0.1) is 0 Å². The molecule has 1 aromatic rings. The van der Waals surface area contributed by atoms with Crippen molar-refractivity contribution in [3.63, 3.8) is 0 Å². The lowest BCUT2D eigenvalue weighted by Crippen LogP contribution is -2.20. The van der Waals surface area contributed by atoms with Gasteiger partial charge in [0, 0.05) is 12.1 Å². The molecule has 1 N–H and O–H groups in total. The van der Waals surface area contributed by atoms with E-state index >= 15 is 0 Å². The van der Waals surface area contributed by atoms with Crippen LogP contribution in [0, 0.1) is 0 Å². The van der Waals surface area contributed by atoms with Gasteiger partial charge >= 0.3 is 6.61 Å². The first kappa shape index (κ1) is 13.2.